The van der Waals surface area contributed by atoms with E-state index < -0.39 is 0 Å². The lowest BCUT2D eigenvalue weighted by atomic mass is 10.1. The third kappa shape index (κ3) is 3.09. The number of anilines is 1. The third-order valence-electron chi connectivity index (χ3n) is 3.41. The number of halogens is 1. The third-order valence-corrected chi connectivity index (χ3v) is 4.61. The molecule has 0 saturated heterocycles. The molecular formula is C17H15FN2O2S. The van der Waals surface area contributed by atoms with Crippen molar-refractivity contribution in [1.29, 1.82) is 0 Å². The highest BCUT2D eigenvalue weighted by molar-refractivity contribution is 7.21. The van der Waals surface area contributed by atoms with Gasteiger partial charge in [-0.3, -0.25) is 4.79 Å². The van der Waals surface area contributed by atoms with Crippen molar-refractivity contribution in [1.82, 2.24) is 4.98 Å². The Morgan fingerprint density at radius 1 is 1.35 bits per heavy atom. The van der Waals surface area contributed by atoms with E-state index in [1.807, 2.05) is 13.0 Å². The van der Waals surface area contributed by atoms with Crippen LogP contribution in [0.4, 0.5) is 10.2 Å². The highest BCUT2D eigenvalue weighted by Gasteiger charge is 2.21. The number of thiophene rings is 1. The minimum atomic E-state index is -0.349. The lowest BCUT2D eigenvalue weighted by Gasteiger charge is -2.06. The molecule has 0 aliphatic rings. The number of ether oxygens (including phenoxy) is 1. The summed E-state index contributed by atoms with van der Waals surface area (Å²) >= 11 is 1.25. The summed E-state index contributed by atoms with van der Waals surface area (Å²) in [7, 11) is 1.52. The number of nitrogens with zero attached hydrogens (tertiary/aromatic N) is 1. The minimum absolute atomic E-state index is 0.172. The summed E-state index contributed by atoms with van der Waals surface area (Å²) in [5.41, 5.74) is 1.57. The summed E-state index contributed by atoms with van der Waals surface area (Å²) in [5.74, 6) is -0.200. The fourth-order valence-electron chi connectivity index (χ4n) is 2.35. The fraction of sp³-hybridized carbons (Fsp3) is 0.176. The normalized spacial score (nSPS) is 10.9. The van der Waals surface area contributed by atoms with Crippen LogP contribution < -0.4 is 5.32 Å². The molecule has 0 fully saturated rings. The summed E-state index contributed by atoms with van der Waals surface area (Å²) in [5, 5.41) is 3.19. The second kappa shape index (κ2) is 6.44. The first kappa shape index (κ1) is 15.6. The number of hydrogen-bond acceptors (Lipinski definition) is 4. The fourth-order valence-corrected chi connectivity index (χ4v) is 3.46. The SMILES string of the molecule is COCc1c(C(=O)Nc2ccc(C)cn2)sc2cccc(F)c12. The second-order valence-corrected chi connectivity index (χ2v) is 6.18. The van der Waals surface area contributed by atoms with Crippen molar-refractivity contribution in [3.8, 4) is 0 Å². The van der Waals surface area contributed by atoms with Crippen LogP contribution in [0, 0.1) is 12.7 Å². The molecule has 3 aromatic rings. The Bertz CT molecular complexity index is 859. The van der Waals surface area contributed by atoms with E-state index >= 15 is 0 Å². The van der Waals surface area contributed by atoms with E-state index in [-0.39, 0.29) is 18.3 Å². The van der Waals surface area contributed by atoms with E-state index in [0.29, 0.717) is 21.6 Å². The first-order chi connectivity index (χ1) is 11.1. The molecule has 1 amide bonds. The molecule has 0 aliphatic carbocycles. The van der Waals surface area contributed by atoms with Crippen molar-refractivity contribution in [2.24, 2.45) is 0 Å². The highest BCUT2D eigenvalue weighted by atomic mass is 32.1. The number of carbonyl (C=O) groups excluding carboxylic acids is 1. The molecule has 6 heteroatoms. The number of nitrogens with one attached hydrogen (secondary N) is 1. The molecular weight excluding hydrogens is 315 g/mol. The summed E-state index contributed by atoms with van der Waals surface area (Å²) in [6.45, 7) is 2.09. The van der Waals surface area contributed by atoms with Crippen molar-refractivity contribution in [2.45, 2.75) is 13.5 Å². The van der Waals surface area contributed by atoms with Gasteiger partial charge in [0.25, 0.3) is 5.91 Å². The molecule has 4 nitrogen and oxygen atoms in total. The quantitative estimate of drug-likeness (QED) is 0.782. The standard InChI is InChI=1S/C17H15FN2O2S/c1-10-6-7-14(19-8-10)20-17(21)16-11(9-22-2)15-12(18)4-3-5-13(15)23-16/h3-8H,9H2,1-2H3,(H,19,20,21). The number of rotatable bonds is 4. The molecule has 0 radical (unpaired) electrons. The van der Waals surface area contributed by atoms with E-state index in [9.17, 15) is 9.18 Å². The van der Waals surface area contributed by atoms with Gasteiger partial charge in [-0.25, -0.2) is 9.37 Å². The molecule has 0 atom stereocenters. The number of carbonyl (C=O) groups is 1. The van der Waals surface area contributed by atoms with Crippen LogP contribution in [-0.4, -0.2) is 18.0 Å². The summed E-state index contributed by atoms with van der Waals surface area (Å²) in [6.07, 6.45) is 1.68. The van der Waals surface area contributed by atoms with Gasteiger partial charge in [0, 0.05) is 29.0 Å². The molecule has 23 heavy (non-hydrogen) atoms. The average Bonchev–Trinajstić information content (AvgIpc) is 2.90. The second-order valence-electron chi connectivity index (χ2n) is 5.13. The van der Waals surface area contributed by atoms with Crippen LogP contribution in [0.15, 0.2) is 36.5 Å². The number of benzene rings is 1. The van der Waals surface area contributed by atoms with Crippen LogP contribution >= 0.6 is 11.3 Å². The van der Waals surface area contributed by atoms with Gasteiger partial charge < -0.3 is 10.1 Å². The Morgan fingerprint density at radius 3 is 2.87 bits per heavy atom. The summed E-state index contributed by atoms with van der Waals surface area (Å²) in [6, 6.07) is 8.41. The Hall–Kier alpha value is -2.31. The number of methoxy groups -OCH3 is 1. The lowest BCUT2D eigenvalue weighted by molar-refractivity contribution is 0.102. The predicted molar refractivity (Wildman–Crippen MR) is 89.4 cm³/mol. The largest absolute Gasteiger partial charge is 0.380 e. The molecule has 3 rings (SSSR count). The first-order valence-corrected chi connectivity index (χ1v) is 7.84. The zero-order chi connectivity index (χ0) is 16.4. The van der Waals surface area contributed by atoms with Crippen molar-refractivity contribution < 1.29 is 13.9 Å². The van der Waals surface area contributed by atoms with Gasteiger partial charge in [-0.1, -0.05) is 12.1 Å². The zero-order valence-corrected chi connectivity index (χ0v) is 13.5. The van der Waals surface area contributed by atoms with Gasteiger partial charge in [-0.15, -0.1) is 11.3 Å². The number of pyridine rings is 1. The number of hydrogen-bond donors (Lipinski definition) is 1. The first-order valence-electron chi connectivity index (χ1n) is 7.03. The van der Waals surface area contributed by atoms with Gasteiger partial charge in [0.15, 0.2) is 0 Å². The Labute approximate surface area is 136 Å². The van der Waals surface area contributed by atoms with E-state index in [1.165, 1.54) is 24.5 Å². The van der Waals surface area contributed by atoms with Crippen LogP contribution in [0.1, 0.15) is 20.8 Å². The molecule has 0 spiro atoms. The van der Waals surface area contributed by atoms with Crippen LogP contribution in [0.5, 0.6) is 0 Å². The molecule has 1 N–H and O–H groups in total. The summed E-state index contributed by atoms with van der Waals surface area (Å²) in [4.78, 5) is 17.2. The molecule has 118 valence electrons. The van der Waals surface area contributed by atoms with Gasteiger partial charge in [0.1, 0.15) is 11.6 Å². The number of aromatic nitrogens is 1. The molecule has 0 unspecified atom stereocenters. The molecule has 0 aliphatic heterocycles. The van der Waals surface area contributed by atoms with E-state index in [1.54, 1.807) is 24.4 Å². The van der Waals surface area contributed by atoms with Crippen LogP contribution in [0.25, 0.3) is 10.1 Å². The van der Waals surface area contributed by atoms with Gasteiger partial charge in [0.2, 0.25) is 0 Å². The van der Waals surface area contributed by atoms with Gasteiger partial charge in [0.05, 0.1) is 11.5 Å². The van der Waals surface area contributed by atoms with Crippen molar-refractivity contribution in [3.63, 3.8) is 0 Å². The summed E-state index contributed by atoms with van der Waals surface area (Å²) < 4.78 is 20.0. The highest BCUT2D eigenvalue weighted by Crippen LogP contribution is 2.34. The molecule has 0 bridgehead atoms. The van der Waals surface area contributed by atoms with Gasteiger partial charge in [-0.2, -0.15) is 0 Å². The Kier molecular flexibility index (Phi) is 4.36. The van der Waals surface area contributed by atoms with Crippen LogP contribution in [0.3, 0.4) is 0 Å². The van der Waals surface area contributed by atoms with Crippen molar-refractivity contribution in [3.05, 3.63) is 58.3 Å². The smallest absolute Gasteiger partial charge is 0.267 e. The number of amides is 1. The van der Waals surface area contributed by atoms with Crippen molar-refractivity contribution in [2.75, 3.05) is 12.4 Å². The minimum Gasteiger partial charge on any atom is -0.380 e. The molecule has 2 aromatic heterocycles. The molecule has 2 heterocycles. The predicted octanol–water partition coefficient (Wildman–Crippen LogP) is 4.14. The van der Waals surface area contributed by atoms with Gasteiger partial charge in [-0.05, 0) is 30.7 Å². The maximum Gasteiger partial charge on any atom is 0.267 e. The van der Waals surface area contributed by atoms with Crippen LogP contribution in [-0.2, 0) is 11.3 Å². The lowest BCUT2D eigenvalue weighted by Crippen LogP contribution is -2.13. The Morgan fingerprint density at radius 2 is 2.17 bits per heavy atom. The monoisotopic (exact) mass is 330 g/mol. The molecule has 0 saturated carbocycles. The van der Waals surface area contributed by atoms with E-state index in [4.69, 9.17) is 4.74 Å². The Balaban J connectivity index is 2.01. The maximum absolute atomic E-state index is 14.1. The topological polar surface area (TPSA) is 51.2 Å². The van der Waals surface area contributed by atoms with Crippen molar-refractivity contribution >= 4 is 33.1 Å². The maximum atomic E-state index is 14.1. The molecule has 1 aromatic carbocycles. The number of aryl methyl sites for hydroxylation is 1. The number of fused-ring (bicyclic) bond motifs is 1. The van der Waals surface area contributed by atoms with E-state index in [0.717, 1.165) is 10.3 Å². The van der Waals surface area contributed by atoms with E-state index in [2.05, 4.69) is 10.3 Å². The van der Waals surface area contributed by atoms with Gasteiger partial charge >= 0.3 is 0 Å². The van der Waals surface area contributed by atoms with Crippen LogP contribution in [0.2, 0.25) is 0 Å². The average molecular weight is 330 g/mol. The zero-order valence-electron chi connectivity index (χ0n) is 12.7.